The lowest BCUT2D eigenvalue weighted by atomic mass is 10.1. The summed E-state index contributed by atoms with van der Waals surface area (Å²) < 4.78 is 0. The van der Waals surface area contributed by atoms with E-state index >= 15 is 0 Å². The van der Waals surface area contributed by atoms with Crippen molar-refractivity contribution in [1.82, 2.24) is 0 Å². The van der Waals surface area contributed by atoms with Gasteiger partial charge in [0.05, 0.1) is 0 Å². The molecule has 3 heteroatoms. The Morgan fingerprint density at radius 2 is 1.86 bits per heavy atom. The topological polar surface area (TPSA) is 37.3 Å². The first-order valence-corrected chi connectivity index (χ1v) is 6.44. The van der Waals surface area contributed by atoms with Crippen LogP contribution in [-0.2, 0) is 4.79 Å². The molecule has 0 aromatic rings. The lowest BCUT2D eigenvalue weighted by molar-refractivity contribution is -0.137. The number of carboxylic acid groups (broad SMARTS) is 1. The zero-order valence-electron chi connectivity index (χ0n) is 8.97. The molecule has 0 aromatic carbocycles. The Kier molecular flexibility index (Phi) is 9.47. The van der Waals surface area contributed by atoms with Gasteiger partial charge in [-0.2, -0.15) is 0 Å². The number of unbranched alkanes of at least 4 members (excludes halogenated alkanes) is 3. The summed E-state index contributed by atoms with van der Waals surface area (Å²) in [5.74, 6) is -0.685. The van der Waals surface area contributed by atoms with Crippen LogP contribution < -0.4 is 0 Å². The number of alkyl halides is 1. The van der Waals surface area contributed by atoms with Crippen molar-refractivity contribution in [2.24, 2.45) is 0 Å². The molecule has 1 N–H and O–H groups in total. The molecular formula is C11H21BrO2. The fraction of sp³-hybridized carbons (Fsp3) is 0.909. The maximum Gasteiger partial charge on any atom is 0.303 e. The van der Waals surface area contributed by atoms with Crippen molar-refractivity contribution in [3.8, 4) is 0 Å². The van der Waals surface area contributed by atoms with Crippen LogP contribution in [0.5, 0.6) is 0 Å². The second-order valence-electron chi connectivity index (χ2n) is 3.73. The van der Waals surface area contributed by atoms with Crippen LogP contribution >= 0.6 is 15.9 Å². The number of aliphatic carboxylic acids is 1. The van der Waals surface area contributed by atoms with Gasteiger partial charge in [-0.25, -0.2) is 0 Å². The summed E-state index contributed by atoms with van der Waals surface area (Å²) in [5.41, 5.74) is 0. The summed E-state index contributed by atoms with van der Waals surface area (Å²) in [4.78, 5) is 10.8. The van der Waals surface area contributed by atoms with Gasteiger partial charge in [0.2, 0.25) is 0 Å². The van der Waals surface area contributed by atoms with Gasteiger partial charge in [-0.05, 0) is 19.3 Å². The van der Waals surface area contributed by atoms with Crippen molar-refractivity contribution in [1.29, 1.82) is 0 Å². The molecule has 0 radical (unpaired) electrons. The molecule has 0 bridgehead atoms. The quantitative estimate of drug-likeness (QED) is 0.506. The fourth-order valence-electron chi connectivity index (χ4n) is 1.41. The molecule has 0 fully saturated rings. The Balaban J connectivity index is 3.19. The van der Waals surface area contributed by atoms with Crippen molar-refractivity contribution >= 4 is 21.9 Å². The molecule has 1 unspecified atom stereocenters. The molecule has 0 saturated heterocycles. The molecule has 0 aliphatic carbocycles. The lowest BCUT2D eigenvalue weighted by Gasteiger charge is -2.07. The average Bonchev–Trinajstić information content (AvgIpc) is 2.12. The van der Waals surface area contributed by atoms with Crippen LogP contribution in [0.2, 0.25) is 0 Å². The third kappa shape index (κ3) is 10.0. The van der Waals surface area contributed by atoms with Gasteiger partial charge in [0.1, 0.15) is 0 Å². The Morgan fingerprint density at radius 1 is 1.21 bits per heavy atom. The number of halogens is 1. The van der Waals surface area contributed by atoms with Gasteiger partial charge in [-0.3, -0.25) is 4.79 Å². The van der Waals surface area contributed by atoms with Crippen LogP contribution in [-0.4, -0.2) is 15.9 Å². The predicted molar refractivity (Wildman–Crippen MR) is 63.0 cm³/mol. The zero-order chi connectivity index (χ0) is 10.8. The molecule has 0 amide bonds. The van der Waals surface area contributed by atoms with Gasteiger partial charge in [-0.1, -0.05) is 48.5 Å². The first-order valence-electron chi connectivity index (χ1n) is 5.52. The van der Waals surface area contributed by atoms with E-state index in [2.05, 4.69) is 22.9 Å². The minimum absolute atomic E-state index is 0.303. The summed E-state index contributed by atoms with van der Waals surface area (Å²) in [6.07, 6.45) is 8.41. The van der Waals surface area contributed by atoms with Crippen LogP contribution in [0.4, 0.5) is 0 Å². The highest BCUT2D eigenvalue weighted by Gasteiger charge is 2.05. The number of hydrogen-bond acceptors (Lipinski definition) is 1. The Morgan fingerprint density at radius 3 is 2.43 bits per heavy atom. The van der Waals surface area contributed by atoms with Gasteiger partial charge in [0.15, 0.2) is 0 Å². The Labute approximate surface area is 95.2 Å². The van der Waals surface area contributed by atoms with E-state index in [1.807, 2.05) is 0 Å². The first-order chi connectivity index (χ1) is 6.66. The van der Waals surface area contributed by atoms with Crippen molar-refractivity contribution in [2.75, 3.05) is 0 Å². The second kappa shape index (κ2) is 9.50. The standard InChI is InChI=1S/C11H21BrO2/c1-2-3-4-5-7-10(12)8-6-9-11(13)14/h10H,2-9H2,1H3,(H,13,14). The predicted octanol–water partition coefficient (Wildman–Crippen LogP) is 3.98. The van der Waals surface area contributed by atoms with Crippen LogP contribution in [0.15, 0.2) is 0 Å². The monoisotopic (exact) mass is 264 g/mol. The van der Waals surface area contributed by atoms with E-state index in [1.165, 1.54) is 32.1 Å². The molecular weight excluding hydrogens is 244 g/mol. The van der Waals surface area contributed by atoms with E-state index in [-0.39, 0.29) is 0 Å². The Bertz CT molecular complexity index is 148. The summed E-state index contributed by atoms with van der Waals surface area (Å²) in [6, 6.07) is 0. The minimum Gasteiger partial charge on any atom is -0.481 e. The highest BCUT2D eigenvalue weighted by atomic mass is 79.9. The number of rotatable bonds is 9. The first kappa shape index (κ1) is 13.9. The maximum absolute atomic E-state index is 10.3. The number of carbonyl (C=O) groups is 1. The molecule has 0 aromatic heterocycles. The Hall–Kier alpha value is -0.0500. The van der Waals surface area contributed by atoms with Gasteiger partial charge < -0.3 is 5.11 Å². The maximum atomic E-state index is 10.3. The van der Waals surface area contributed by atoms with Crippen LogP contribution in [0.1, 0.15) is 58.3 Å². The van der Waals surface area contributed by atoms with Crippen LogP contribution in [0, 0.1) is 0 Å². The zero-order valence-corrected chi connectivity index (χ0v) is 10.6. The summed E-state index contributed by atoms with van der Waals surface area (Å²) in [7, 11) is 0. The molecule has 2 nitrogen and oxygen atoms in total. The average molecular weight is 265 g/mol. The molecule has 0 aliphatic rings. The van der Waals surface area contributed by atoms with Gasteiger partial charge >= 0.3 is 5.97 Å². The fourth-order valence-corrected chi connectivity index (χ4v) is 2.06. The molecule has 0 rings (SSSR count). The van der Waals surface area contributed by atoms with Gasteiger partial charge in [0.25, 0.3) is 0 Å². The van der Waals surface area contributed by atoms with Crippen LogP contribution in [0.25, 0.3) is 0 Å². The van der Waals surface area contributed by atoms with E-state index in [0.29, 0.717) is 11.2 Å². The van der Waals surface area contributed by atoms with Crippen LogP contribution in [0.3, 0.4) is 0 Å². The highest BCUT2D eigenvalue weighted by molar-refractivity contribution is 9.09. The SMILES string of the molecule is CCCCCCC(Br)CCCC(=O)O. The highest BCUT2D eigenvalue weighted by Crippen LogP contribution is 2.17. The minimum atomic E-state index is -0.685. The third-order valence-corrected chi connectivity index (χ3v) is 3.19. The largest absolute Gasteiger partial charge is 0.481 e. The second-order valence-corrected chi connectivity index (χ2v) is 5.03. The molecule has 0 aliphatic heterocycles. The van der Waals surface area contributed by atoms with Crippen molar-refractivity contribution in [2.45, 2.75) is 63.1 Å². The smallest absolute Gasteiger partial charge is 0.303 e. The van der Waals surface area contributed by atoms with E-state index in [9.17, 15) is 4.79 Å². The van der Waals surface area contributed by atoms with E-state index in [4.69, 9.17) is 5.11 Å². The summed E-state index contributed by atoms with van der Waals surface area (Å²) >= 11 is 3.59. The number of carboxylic acids is 1. The normalized spacial score (nSPS) is 12.7. The van der Waals surface area contributed by atoms with Gasteiger partial charge in [-0.15, -0.1) is 0 Å². The molecule has 84 valence electrons. The van der Waals surface area contributed by atoms with Crippen molar-refractivity contribution < 1.29 is 9.90 Å². The summed E-state index contributed by atoms with van der Waals surface area (Å²) in [6.45, 7) is 2.21. The molecule has 1 atom stereocenters. The molecule has 0 heterocycles. The summed E-state index contributed by atoms with van der Waals surface area (Å²) in [5, 5.41) is 8.46. The molecule has 0 saturated carbocycles. The number of hydrogen-bond donors (Lipinski definition) is 1. The van der Waals surface area contributed by atoms with Crippen molar-refractivity contribution in [3.63, 3.8) is 0 Å². The molecule has 0 spiro atoms. The van der Waals surface area contributed by atoms with E-state index in [1.54, 1.807) is 0 Å². The lowest BCUT2D eigenvalue weighted by Crippen LogP contribution is -2.01. The third-order valence-electron chi connectivity index (χ3n) is 2.28. The van der Waals surface area contributed by atoms with Gasteiger partial charge in [0, 0.05) is 11.2 Å². The van der Waals surface area contributed by atoms with E-state index in [0.717, 1.165) is 12.8 Å². The van der Waals surface area contributed by atoms with Crippen molar-refractivity contribution in [3.05, 3.63) is 0 Å². The van der Waals surface area contributed by atoms with E-state index < -0.39 is 5.97 Å². The molecule has 14 heavy (non-hydrogen) atoms.